The van der Waals surface area contributed by atoms with Gasteiger partial charge in [0.2, 0.25) is 0 Å². The highest BCUT2D eigenvalue weighted by Gasteiger charge is 2.24. The highest BCUT2D eigenvalue weighted by Crippen LogP contribution is 2.35. The molecular formula is C27H28N2O5S. The van der Waals surface area contributed by atoms with Crippen LogP contribution in [0.3, 0.4) is 0 Å². The van der Waals surface area contributed by atoms with Crippen molar-refractivity contribution >= 4 is 32.6 Å². The van der Waals surface area contributed by atoms with Crippen LogP contribution in [-0.4, -0.2) is 32.7 Å². The molecule has 0 unspecified atom stereocenters. The Hall–Kier alpha value is -3.78. The lowest BCUT2D eigenvalue weighted by Gasteiger charge is -2.13. The number of ether oxygens (including phenoxy) is 2. The first-order valence-corrected chi connectivity index (χ1v) is 12.7. The van der Waals surface area contributed by atoms with Crippen LogP contribution in [0.15, 0.2) is 65.6 Å². The molecule has 0 aliphatic rings. The Morgan fingerprint density at radius 2 is 1.63 bits per heavy atom. The van der Waals surface area contributed by atoms with Crippen molar-refractivity contribution in [2.24, 2.45) is 0 Å². The van der Waals surface area contributed by atoms with Crippen LogP contribution < -0.4 is 9.46 Å². The lowest BCUT2D eigenvalue weighted by atomic mass is 10.1. The summed E-state index contributed by atoms with van der Waals surface area (Å²) in [7, 11) is -2.34. The summed E-state index contributed by atoms with van der Waals surface area (Å²) < 4.78 is 41.2. The second-order valence-corrected chi connectivity index (χ2v) is 10.0. The van der Waals surface area contributed by atoms with Gasteiger partial charge >= 0.3 is 5.97 Å². The molecule has 8 heteroatoms. The maximum Gasteiger partial charge on any atom is 0.340 e. The predicted molar refractivity (Wildman–Crippen MR) is 137 cm³/mol. The van der Waals surface area contributed by atoms with Crippen LogP contribution in [0.2, 0.25) is 0 Å². The summed E-state index contributed by atoms with van der Waals surface area (Å²) in [4.78, 5) is 13.1. The van der Waals surface area contributed by atoms with Crippen molar-refractivity contribution in [2.45, 2.75) is 32.6 Å². The minimum absolute atomic E-state index is 0.107. The fraction of sp³-hybridized carbons (Fsp3) is 0.222. The van der Waals surface area contributed by atoms with E-state index in [-0.39, 0.29) is 11.5 Å². The van der Waals surface area contributed by atoms with Gasteiger partial charge < -0.3 is 14.0 Å². The number of carbonyl (C=O) groups excluding carboxylic acids is 1. The first kappa shape index (κ1) is 24.3. The van der Waals surface area contributed by atoms with Crippen LogP contribution in [0.1, 0.15) is 34.1 Å². The van der Waals surface area contributed by atoms with Gasteiger partial charge in [-0.2, -0.15) is 0 Å². The summed E-state index contributed by atoms with van der Waals surface area (Å²) in [6, 6.07) is 17.6. The summed E-state index contributed by atoms with van der Waals surface area (Å²) in [5, 5.41) is 0.619. The molecule has 3 aromatic carbocycles. The standard InChI is InChI=1S/C27H28N2O5S/c1-6-34-27(30)25-19(4)29(21-9-7-17(2)8-10-21)26-18(3)15-20(16-24(25)26)28-35(31,32)23-13-11-22(33-5)12-14-23/h7-16,28H,6H2,1-5H3. The summed E-state index contributed by atoms with van der Waals surface area (Å²) in [5.74, 6) is 0.114. The summed E-state index contributed by atoms with van der Waals surface area (Å²) >= 11 is 0. The highest BCUT2D eigenvalue weighted by atomic mass is 32.2. The largest absolute Gasteiger partial charge is 0.497 e. The lowest BCUT2D eigenvalue weighted by molar-refractivity contribution is 0.0527. The smallest absolute Gasteiger partial charge is 0.340 e. The number of hydrogen-bond acceptors (Lipinski definition) is 5. The molecule has 1 N–H and O–H groups in total. The molecule has 0 saturated heterocycles. The monoisotopic (exact) mass is 492 g/mol. The van der Waals surface area contributed by atoms with Crippen molar-refractivity contribution in [2.75, 3.05) is 18.4 Å². The number of rotatable bonds is 7. The molecule has 0 radical (unpaired) electrons. The molecule has 0 fully saturated rings. The van der Waals surface area contributed by atoms with E-state index in [0.29, 0.717) is 22.4 Å². The van der Waals surface area contributed by atoms with Crippen molar-refractivity contribution in [3.05, 3.63) is 83.0 Å². The highest BCUT2D eigenvalue weighted by molar-refractivity contribution is 7.92. The van der Waals surface area contributed by atoms with Gasteiger partial charge in [-0.3, -0.25) is 4.72 Å². The second-order valence-electron chi connectivity index (χ2n) is 8.32. The van der Waals surface area contributed by atoms with Crippen molar-refractivity contribution < 1.29 is 22.7 Å². The molecule has 4 aromatic rings. The number of esters is 1. The predicted octanol–water partition coefficient (Wildman–Crippen LogP) is 5.54. The lowest BCUT2D eigenvalue weighted by Crippen LogP contribution is -2.13. The number of nitrogens with zero attached hydrogens (tertiary/aromatic N) is 1. The third-order valence-electron chi connectivity index (χ3n) is 5.88. The number of benzene rings is 3. The number of hydrogen-bond donors (Lipinski definition) is 1. The van der Waals surface area contributed by atoms with E-state index < -0.39 is 16.0 Å². The molecule has 1 aromatic heterocycles. The summed E-state index contributed by atoms with van der Waals surface area (Å²) in [5.41, 5.74) is 5.16. The third kappa shape index (κ3) is 4.61. The van der Waals surface area contributed by atoms with Crippen LogP contribution in [0.4, 0.5) is 5.69 Å². The Morgan fingerprint density at radius 1 is 0.971 bits per heavy atom. The molecule has 0 aliphatic heterocycles. The topological polar surface area (TPSA) is 86.6 Å². The molecule has 0 saturated carbocycles. The number of nitrogens with one attached hydrogen (secondary N) is 1. The van der Waals surface area contributed by atoms with Crippen LogP contribution in [0.5, 0.6) is 5.75 Å². The van der Waals surface area contributed by atoms with Gasteiger partial charge in [0.25, 0.3) is 10.0 Å². The van der Waals surface area contributed by atoms with Gasteiger partial charge in [0.1, 0.15) is 5.75 Å². The van der Waals surface area contributed by atoms with Gasteiger partial charge in [0.05, 0.1) is 29.7 Å². The van der Waals surface area contributed by atoms with Gasteiger partial charge in [0.15, 0.2) is 0 Å². The molecule has 0 bridgehead atoms. The first-order valence-electron chi connectivity index (χ1n) is 11.2. The van der Waals surface area contributed by atoms with E-state index in [4.69, 9.17) is 9.47 Å². The van der Waals surface area contributed by atoms with Crippen LogP contribution in [-0.2, 0) is 14.8 Å². The maximum absolute atomic E-state index is 13.0. The molecule has 1 heterocycles. The SMILES string of the molecule is CCOC(=O)c1c(C)n(-c2ccc(C)cc2)c2c(C)cc(NS(=O)(=O)c3ccc(OC)cc3)cc12. The average Bonchev–Trinajstić information content (AvgIpc) is 3.11. The number of fused-ring (bicyclic) bond motifs is 1. The number of aryl methyl sites for hydroxylation is 2. The van der Waals surface area contributed by atoms with Gasteiger partial charge in [-0.05, 0) is 81.8 Å². The summed E-state index contributed by atoms with van der Waals surface area (Å²) in [6.07, 6.45) is 0. The van der Waals surface area contributed by atoms with Gasteiger partial charge in [-0.1, -0.05) is 17.7 Å². The Morgan fingerprint density at radius 3 is 2.23 bits per heavy atom. The molecular weight excluding hydrogens is 464 g/mol. The average molecular weight is 493 g/mol. The van der Waals surface area contributed by atoms with Gasteiger partial charge in [0, 0.05) is 22.5 Å². The van der Waals surface area contributed by atoms with Crippen molar-refractivity contribution in [3.63, 3.8) is 0 Å². The minimum atomic E-state index is -3.86. The molecule has 0 atom stereocenters. The molecule has 35 heavy (non-hydrogen) atoms. The number of anilines is 1. The van der Waals surface area contributed by atoms with Crippen LogP contribution >= 0.6 is 0 Å². The van der Waals surface area contributed by atoms with Gasteiger partial charge in [-0.15, -0.1) is 0 Å². The van der Waals surface area contributed by atoms with E-state index in [1.165, 1.54) is 19.2 Å². The molecule has 0 aliphatic carbocycles. The third-order valence-corrected chi connectivity index (χ3v) is 7.28. The van der Waals surface area contributed by atoms with E-state index in [2.05, 4.69) is 4.72 Å². The van der Waals surface area contributed by atoms with Crippen molar-refractivity contribution in [1.82, 2.24) is 4.57 Å². The quantitative estimate of drug-likeness (QED) is 0.342. The number of aromatic nitrogens is 1. The van der Waals surface area contributed by atoms with E-state index in [9.17, 15) is 13.2 Å². The minimum Gasteiger partial charge on any atom is -0.497 e. The number of sulfonamides is 1. The Bertz CT molecular complexity index is 1500. The van der Waals surface area contributed by atoms with E-state index in [1.807, 2.05) is 49.6 Å². The number of carbonyl (C=O) groups is 1. The van der Waals surface area contributed by atoms with E-state index >= 15 is 0 Å². The molecule has 182 valence electrons. The Kier molecular flexibility index (Phi) is 6.58. The Balaban J connectivity index is 1.88. The Labute approximate surface area is 205 Å². The molecule has 4 rings (SSSR count). The maximum atomic E-state index is 13.0. The van der Waals surface area contributed by atoms with Crippen LogP contribution in [0, 0.1) is 20.8 Å². The molecule has 7 nitrogen and oxygen atoms in total. The van der Waals surface area contributed by atoms with Crippen molar-refractivity contribution in [3.8, 4) is 11.4 Å². The normalized spacial score (nSPS) is 11.5. The van der Waals surface area contributed by atoms with Gasteiger partial charge in [-0.25, -0.2) is 13.2 Å². The zero-order valence-corrected chi connectivity index (χ0v) is 21.2. The fourth-order valence-corrected chi connectivity index (χ4v) is 5.29. The summed E-state index contributed by atoms with van der Waals surface area (Å²) in [6.45, 7) is 7.77. The van der Waals surface area contributed by atoms with E-state index in [1.54, 1.807) is 31.2 Å². The molecule has 0 spiro atoms. The fourth-order valence-electron chi connectivity index (χ4n) is 4.25. The first-order chi connectivity index (χ1) is 16.7. The van der Waals surface area contributed by atoms with E-state index in [0.717, 1.165) is 28.0 Å². The zero-order valence-electron chi connectivity index (χ0n) is 20.4. The second kappa shape index (κ2) is 9.46. The number of methoxy groups -OCH3 is 1. The van der Waals surface area contributed by atoms with Crippen LogP contribution in [0.25, 0.3) is 16.6 Å². The zero-order chi connectivity index (χ0) is 25.3. The molecule has 0 amide bonds. The van der Waals surface area contributed by atoms with Crippen molar-refractivity contribution in [1.29, 1.82) is 0 Å².